The molecular weight excluding hydrogens is 220 g/mol. The summed E-state index contributed by atoms with van der Waals surface area (Å²) in [5.41, 5.74) is 0.297. The van der Waals surface area contributed by atoms with Crippen LogP contribution in [0.2, 0.25) is 0 Å². The maximum Gasteiger partial charge on any atom is 0.334 e. The quantitative estimate of drug-likeness (QED) is 0.592. The van der Waals surface area contributed by atoms with Gasteiger partial charge in [-0.3, -0.25) is 0 Å². The summed E-state index contributed by atoms with van der Waals surface area (Å²) >= 11 is 0. The summed E-state index contributed by atoms with van der Waals surface area (Å²) in [4.78, 5) is 22.3. The minimum Gasteiger partial charge on any atom is -0.478 e. The van der Waals surface area contributed by atoms with Gasteiger partial charge in [-0.05, 0) is 19.3 Å². The summed E-state index contributed by atoms with van der Waals surface area (Å²) in [5, 5.41) is 8.75. The molecule has 4 nitrogen and oxygen atoms in total. The Bertz CT molecular complexity index is 301. The highest BCUT2D eigenvalue weighted by Gasteiger charge is 2.20. The Morgan fingerprint density at radius 3 is 2.47 bits per heavy atom. The molecule has 0 heterocycles. The first-order valence-electron chi connectivity index (χ1n) is 6.24. The SMILES string of the molecule is CCOC(=O)C(=CC(=O)O)CC1CCCCC1. The first-order chi connectivity index (χ1) is 8.13. The van der Waals surface area contributed by atoms with Crippen molar-refractivity contribution in [3.05, 3.63) is 11.6 Å². The van der Waals surface area contributed by atoms with E-state index in [4.69, 9.17) is 9.84 Å². The van der Waals surface area contributed by atoms with Gasteiger partial charge in [0.25, 0.3) is 0 Å². The average Bonchev–Trinajstić information content (AvgIpc) is 2.29. The molecule has 1 saturated carbocycles. The zero-order valence-corrected chi connectivity index (χ0v) is 10.3. The van der Waals surface area contributed by atoms with Crippen molar-refractivity contribution < 1.29 is 19.4 Å². The molecule has 0 amide bonds. The molecule has 96 valence electrons. The van der Waals surface area contributed by atoms with Gasteiger partial charge >= 0.3 is 11.9 Å². The van der Waals surface area contributed by atoms with Crippen LogP contribution >= 0.6 is 0 Å². The van der Waals surface area contributed by atoms with Gasteiger partial charge in [-0.2, -0.15) is 0 Å². The fraction of sp³-hybridized carbons (Fsp3) is 0.692. The number of aliphatic carboxylic acids is 1. The largest absolute Gasteiger partial charge is 0.478 e. The van der Waals surface area contributed by atoms with Crippen LogP contribution in [0, 0.1) is 5.92 Å². The first kappa shape index (κ1) is 13.7. The smallest absolute Gasteiger partial charge is 0.334 e. The molecule has 1 rings (SSSR count). The summed E-state index contributed by atoms with van der Waals surface area (Å²) in [5.74, 6) is -1.14. The van der Waals surface area contributed by atoms with Crippen molar-refractivity contribution >= 4 is 11.9 Å². The third-order valence-corrected chi connectivity index (χ3v) is 3.07. The highest BCUT2D eigenvalue weighted by atomic mass is 16.5. The topological polar surface area (TPSA) is 63.6 Å². The lowest BCUT2D eigenvalue weighted by molar-refractivity contribution is -0.139. The lowest BCUT2D eigenvalue weighted by atomic mass is 9.84. The molecule has 0 saturated heterocycles. The first-order valence-corrected chi connectivity index (χ1v) is 6.24. The molecule has 0 aromatic rings. The van der Waals surface area contributed by atoms with Gasteiger partial charge in [-0.1, -0.05) is 32.1 Å². The number of carboxylic acid groups (broad SMARTS) is 1. The maximum absolute atomic E-state index is 11.6. The number of carboxylic acids is 1. The van der Waals surface area contributed by atoms with E-state index in [-0.39, 0.29) is 6.61 Å². The van der Waals surface area contributed by atoms with Gasteiger partial charge in [0, 0.05) is 11.6 Å². The van der Waals surface area contributed by atoms with E-state index in [1.807, 2.05) is 0 Å². The molecule has 4 heteroatoms. The van der Waals surface area contributed by atoms with Crippen molar-refractivity contribution in [2.75, 3.05) is 6.61 Å². The molecule has 0 aromatic carbocycles. The molecule has 0 aromatic heterocycles. The molecular formula is C13H20O4. The van der Waals surface area contributed by atoms with E-state index in [0.29, 0.717) is 17.9 Å². The van der Waals surface area contributed by atoms with Crippen LogP contribution in [-0.2, 0) is 14.3 Å². The second kappa shape index (κ2) is 7.09. The summed E-state index contributed by atoms with van der Waals surface area (Å²) in [6.45, 7) is 2.00. The van der Waals surface area contributed by atoms with Crippen LogP contribution in [0.4, 0.5) is 0 Å². The van der Waals surface area contributed by atoms with Crippen molar-refractivity contribution in [3.63, 3.8) is 0 Å². The van der Waals surface area contributed by atoms with Crippen LogP contribution in [0.3, 0.4) is 0 Å². The standard InChI is InChI=1S/C13H20O4/c1-2-17-13(16)11(9-12(14)15)8-10-6-4-3-5-7-10/h9-10H,2-8H2,1H3,(H,14,15). The van der Waals surface area contributed by atoms with Crippen LogP contribution in [0.15, 0.2) is 11.6 Å². The number of ether oxygens (including phenoxy) is 1. The Morgan fingerprint density at radius 2 is 1.94 bits per heavy atom. The highest BCUT2D eigenvalue weighted by Crippen LogP contribution is 2.29. The van der Waals surface area contributed by atoms with Crippen molar-refractivity contribution in [2.24, 2.45) is 5.92 Å². The van der Waals surface area contributed by atoms with Gasteiger partial charge in [0.2, 0.25) is 0 Å². The molecule has 0 bridgehead atoms. The fourth-order valence-electron chi connectivity index (χ4n) is 2.28. The van der Waals surface area contributed by atoms with Crippen molar-refractivity contribution in [3.8, 4) is 0 Å². The van der Waals surface area contributed by atoms with Crippen LogP contribution < -0.4 is 0 Å². The van der Waals surface area contributed by atoms with Crippen molar-refractivity contribution in [1.82, 2.24) is 0 Å². The van der Waals surface area contributed by atoms with E-state index in [9.17, 15) is 9.59 Å². The Hall–Kier alpha value is -1.32. The lowest BCUT2D eigenvalue weighted by Gasteiger charge is -2.21. The number of carbonyl (C=O) groups excluding carboxylic acids is 1. The average molecular weight is 240 g/mol. The van der Waals surface area contributed by atoms with Gasteiger partial charge in [-0.25, -0.2) is 9.59 Å². The van der Waals surface area contributed by atoms with Crippen molar-refractivity contribution in [1.29, 1.82) is 0 Å². The fourth-order valence-corrected chi connectivity index (χ4v) is 2.28. The second-order valence-electron chi connectivity index (χ2n) is 4.44. The summed E-state index contributed by atoms with van der Waals surface area (Å²) in [6, 6.07) is 0. The molecule has 17 heavy (non-hydrogen) atoms. The summed E-state index contributed by atoms with van der Waals surface area (Å²) < 4.78 is 4.88. The lowest BCUT2D eigenvalue weighted by Crippen LogP contribution is -2.15. The molecule has 0 unspecified atom stereocenters. The van der Waals surface area contributed by atoms with Crippen LogP contribution in [0.1, 0.15) is 45.4 Å². The third-order valence-electron chi connectivity index (χ3n) is 3.07. The van der Waals surface area contributed by atoms with E-state index >= 15 is 0 Å². The molecule has 0 atom stereocenters. The summed E-state index contributed by atoms with van der Waals surface area (Å²) in [6.07, 6.45) is 7.28. The molecule has 1 aliphatic rings. The predicted molar refractivity (Wildman–Crippen MR) is 63.5 cm³/mol. The second-order valence-corrected chi connectivity index (χ2v) is 4.44. The number of hydrogen-bond donors (Lipinski definition) is 1. The zero-order chi connectivity index (χ0) is 12.7. The number of hydrogen-bond acceptors (Lipinski definition) is 3. The number of esters is 1. The van der Waals surface area contributed by atoms with E-state index in [2.05, 4.69) is 0 Å². The Kier molecular flexibility index (Phi) is 5.73. The molecule has 1 aliphatic carbocycles. The van der Waals surface area contributed by atoms with Gasteiger partial charge in [0.05, 0.1) is 6.61 Å². The van der Waals surface area contributed by atoms with Crippen LogP contribution in [0.5, 0.6) is 0 Å². The van der Waals surface area contributed by atoms with Gasteiger partial charge < -0.3 is 9.84 Å². The van der Waals surface area contributed by atoms with E-state index < -0.39 is 11.9 Å². The molecule has 0 radical (unpaired) electrons. The molecule has 0 aliphatic heterocycles. The van der Waals surface area contributed by atoms with Crippen molar-refractivity contribution in [2.45, 2.75) is 45.4 Å². The Morgan fingerprint density at radius 1 is 1.29 bits per heavy atom. The Balaban J connectivity index is 2.62. The third kappa shape index (κ3) is 5.02. The molecule has 1 N–H and O–H groups in total. The Labute approximate surface area is 102 Å². The van der Waals surface area contributed by atoms with Gasteiger partial charge in [-0.15, -0.1) is 0 Å². The minimum absolute atomic E-state index is 0.278. The molecule has 0 spiro atoms. The maximum atomic E-state index is 11.6. The minimum atomic E-state index is -1.08. The van der Waals surface area contributed by atoms with Crippen LogP contribution in [0.25, 0.3) is 0 Å². The van der Waals surface area contributed by atoms with E-state index in [0.717, 1.165) is 18.9 Å². The van der Waals surface area contributed by atoms with E-state index in [1.54, 1.807) is 6.92 Å². The van der Waals surface area contributed by atoms with Gasteiger partial charge in [0.1, 0.15) is 0 Å². The number of rotatable bonds is 5. The highest BCUT2D eigenvalue weighted by molar-refractivity contribution is 5.95. The van der Waals surface area contributed by atoms with Crippen LogP contribution in [-0.4, -0.2) is 23.7 Å². The van der Waals surface area contributed by atoms with Gasteiger partial charge in [0.15, 0.2) is 0 Å². The zero-order valence-electron chi connectivity index (χ0n) is 10.3. The normalized spacial score (nSPS) is 17.8. The summed E-state index contributed by atoms with van der Waals surface area (Å²) in [7, 11) is 0. The van der Waals surface area contributed by atoms with E-state index in [1.165, 1.54) is 19.3 Å². The molecule has 1 fully saturated rings. The monoisotopic (exact) mass is 240 g/mol. The predicted octanol–water partition coefficient (Wildman–Crippen LogP) is 2.53. The number of carbonyl (C=O) groups is 2.